The largest absolute Gasteiger partial charge is 0.478 e. The Morgan fingerprint density at radius 3 is 2.86 bits per heavy atom. The van der Waals surface area contributed by atoms with Crippen LogP contribution < -0.4 is 5.73 Å². The maximum absolute atomic E-state index is 12.8. The van der Waals surface area contributed by atoms with Crippen LogP contribution in [0.15, 0.2) is 27.6 Å². The standard InChI is InChI=1S/C8H7BrFNO2S/c9-4-1-2-5(11)6(3-4)14-7(10)8(12)13/h1-3,7H,11H2,(H,12,13). The fraction of sp³-hybridized carbons (Fsp3) is 0.125. The number of thioether (sulfide) groups is 1. The molecule has 0 heterocycles. The summed E-state index contributed by atoms with van der Waals surface area (Å²) in [4.78, 5) is 10.7. The van der Waals surface area contributed by atoms with E-state index in [1.807, 2.05) is 0 Å². The molecule has 1 aromatic carbocycles. The van der Waals surface area contributed by atoms with Crippen molar-refractivity contribution in [3.05, 3.63) is 22.7 Å². The lowest BCUT2D eigenvalue weighted by Gasteiger charge is -2.06. The molecule has 3 nitrogen and oxygen atoms in total. The summed E-state index contributed by atoms with van der Waals surface area (Å²) >= 11 is 3.76. The van der Waals surface area contributed by atoms with Crippen molar-refractivity contribution in [2.45, 2.75) is 10.4 Å². The van der Waals surface area contributed by atoms with Gasteiger partial charge in [-0.1, -0.05) is 27.7 Å². The van der Waals surface area contributed by atoms with Crippen LogP contribution in [0, 0.1) is 0 Å². The molecule has 0 aliphatic rings. The van der Waals surface area contributed by atoms with Crippen LogP contribution in [0.2, 0.25) is 0 Å². The van der Waals surface area contributed by atoms with E-state index in [0.717, 1.165) is 4.47 Å². The predicted octanol–water partition coefficient (Wildman–Crippen LogP) is 2.50. The van der Waals surface area contributed by atoms with Crippen molar-refractivity contribution in [2.24, 2.45) is 0 Å². The minimum Gasteiger partial charge on any atom is -0.478 e. The fourth-order valence-electron chi connectivity index (χ4n) is 0.772. The van der Waals surface area contributed by atoms with Crippen LogP contribution in [0.3, 0.4) is 0 Å². The molecule has 76 valence electrons. The molecule has 0 aromatic heterocycles. The van der Waals surface area contributed by atoms with Gasteiger partial charge in [0.15, 0.2) is 0 Å². The molecule has 0 bridgehead atoms. The number of benzene rings is 1. The zero-order valence-corrected chi connectivity index (χ0v) is 9.31. The lowest BCUT2D eigenvalue weighted by molar-refractivity contribution is -0.139. The van der Waals surface area contributed by atoms with E-state index in [2.05, 4.69) is 15.9 Å². The Morgan fingerprint density at radius 1 is 1.64 bits per heavy atom. The first kappa shape index (κ1) is 11.3. The van der Waals surface area contributed by atoms with Gasteiger partial charge >= 0.3 is 5.97 Å². The maximum atomic E-state index is 12.8. The molecular weight excluding hydrogens is 273 g/mol. The molecule has 0 fully saturated rings. The molecule has 14 heavy (non-hydrogen) atoms. The van der Waals surface area contributed by atoms with E-state index in [1.165, 1.54) is 0 Å². The molecule has 0 amide bonds. The van der Waals surface area contributed by atoms with Crippen LogP contribution >= 0.6 is 27.7 Å². The minimum absolute atomic E-state index is 0.363. The molecule has 1 rings (SSSR count). The van der Waals surface area contributed by atoms with Crippen LogP contribution in [0.5, 0.6) is 0 Å². The van der Waals surface area contributed by atoms with Gasteiger partial charge in [0, 0.05) is 15.1 Å². The third-order valence-corrected chi connectivity index (χ3v) is 2.91. The number of rotatable bonds is 3. The number of nitrogen functional groups attached to an aromatic ring is 1. The Morgan fingerprint density at radius 2 is 2.29 bits per heavy atom. The van der Waals surface area contributed by atoms with Crippen molar-refractivity contribution in [3.8, 4) is 0 Å². The minimum atomic E-state index is -1.99. The molecular formula is C8H7BrFNO2S. The summed E-state index contributed by atoms with van der Waals surface area (Å²) in [6.45, 7) is 0. The Kier molecular flexibility index (Phi) is 3.77. The number of hydrogen-bond acceptors (Lipinski definition) is 3. The highest BCUT2D eigenvalue weighted by Crippen LogP contribution is 2.31. The van der Waals surface area contributed by atoms with E-state index in [4.69, 9.17) is 10.8 Å². The highest BCUT2D eigenvalue weighted by molar-refractivity contribution is 9.10. The molecule has 3 N–H and O–H groups in total. The molecule has 1 atom stereocenters. The van der Waals surface area contributed by atoms with Gasteiger partial charge in [0.1, 0.15) is 0 Å². The van der Waals surface area contributed by atoms with Crippen LogP contribution in [0.4, 0.5) is 10.1 Å². The summed E-state index contributed by atoms with van der Waals surface area (Å²) in [5, 5.41) is 8.36. The third-order valence-electron chi connectivity index (χ3n) is 1.40. The molecule has 0 radical (unpaired) electrons. The number of halogens is 2. The number of alkyl halides is 1. The van der Waals surface area contributed by atoms with Gasteiger partial charge in [0.25, 0.3) is 0 Å². The molecule has 0 aliphatic carbocycles. The zero-order valence-electron chi connectivity index (χ0n) is 6.91. The molecule has 1 aromatic rings. The van der Waals surface area contributed by atoms with Gasteiger partial charge in [-0.3, -0.25) is 0 Å². The maximum Gasteiger partial charge on any atom is 0.349 e. The summed E-state index contributed by atoms with van der Waals surface area (Å²) in [6.07, 6.45) is 0. The number of nitrogens with two attached hydrogens (primary N) is 1. The lowest BCUT2D eigenvalue weighted by Crippen LogP contribution is -2.09. The quantitative estimate of drug-likeness (QED) is 0.659. The summed E-state index contributed by atoms with van der Waals surface area (Å²) < 4.78 is 13.5. The Balaban J connectivity index is 2.85. The lowest BCUT2D eigenvalue weighted by atomic mass is 10.3. The van der Waals surface area contributed by atoms with Gasteiger partial charge in [0.2, 0.25) is 5.50 Å². The van der Waals surface area contributed by atoms with Gasteiger partial charge < -0.3 is 10.8 Å². The first-order chi connectivity index (χ1) is 6.50. The van der Waals surface area contributed by atoms with E-state index in [1.54, 1.807) is 18.2 Å². The average Bonchev–Trinajstić information content (AvgIpc) is 2.11. The van der Waals surface area contributed by atoms with Crippen molar-refractivity contribution in [2.75, 3.05) is 5.73 Å². The number of anilines is 1. The Hall–Kier alpha value is -0.750. The second-order valence-corrected chi connectivity index (χ2v) is 4.46. The monoisotopic (exact) mass is 279 g/mol. The van der Waals surface area contributed by atoms with Gasteiger partial charge in [-0.05, 0) is 18.2 Å². The summed E-state index contributed by atoms with van der Waals surface area (Å²) in [7, 11) is 0. The molecule has 0 saturated carbocycles. The second-order valence-electron chi connectivity index (χ2n) is 2.45. The zero-order chi connectivity index (χ0) is 10.7. The van der Waals surface area contributed by atoms with Gasteiger partial charge in [-0.25, -0.2) is 9.18 Å². The SMILES string of the molecule is Nc1ccc(Br)cc1SC(F)C(=O)O. The Bertz CT molecular complexity index is 361. The smallest absolute Gasteiger partial charge is 0.349 e. The predicted molar refractivity (Wildman–Crippen MR) is 56.9 cm³/mol. The van der Waals surface area contributed by atoms with Crippen molar-refractivity contribution < 1.29 is 14.3 Å². The molecule has 1 unspecified atom stereocenters. The number of carboxylic acid groups (broad SMARTS) is 1. The van der Waals surface area contributed by atoms with Crippen molar-refractivity contribution in [3.63, 3.8) is 0 Å². The number of aliphatic carboxylic acids is 1. The molecule has 0 spiro atoms. The van der Waals surface area contributed by atoms with Crippen LogP contribution in [0.1, 0.15) is 0 Å². The van der Waals surface area contributed by atoms with Gasteiger partial charge in [-0.2, -0.15) is 0 Å². The van der Waals surface area contributed by atoms with Crippen LogP contribution in [-0.2, 0) is 4.79 Å². The first-order valence-corrected chi connectivity index (χ1v) is 5.26. The van der Waals surface area contributed by atoms with Crippen molar-refractivity contribution in [1.29, 1.82) is 0 Å². The number of carboxylic acids is 1. The molecule has 0 saturated heterocycles. The highest BCUT2D eigenvalue weighted by Gasteiger charge is 2.18. The van der Waals surface area contributed by atoms with Crippen molar-refractivity contribution in [1.82, 2.24) is 0 Å². The topological polar surface area (TPSA) is 63.3 Å². The van der Waals surface area contributed by atoms with E-state index in [9.17, 15) is 9.18 Å². The van der Waals surface area contributed by atoms with Gasteiger partial charge in [-0.15, -0.1) is 0 Å². The first-order valence-electron chi connectivity index (χ1n) is 3.59. The molecule has 0 aliphatic heterocycles. The van der Waals surface area contributed by atoms with Crippen LogP contribution in [-0.4, -0.2) is 16.6 Å². The van der Waals surface area contributed by atoms with Crippen molar-refractivity contribution >= 4 is 39.3 Å². The van der Waals surface area contributed by atoms with Gasteiger partial charge in [0.05, 0.1) is 0 Å². The van der Waals surface area contributed by atoms with Crippen LogP contribution in [0.25, 0.3) is 0 Å². The van der Waals surface area contributed by atoms with E-state index in [0.29, 0.717) is 22.3 Å². The summed E-state index contributed by atoms with van der Waals surface area (Å²) in [6, 6.07) is 4.86. The highest BCUT2D eigenvalue weighted by atomic mass is 79.9. The third kappa shape index (κ3) is 2.88. The van der Waals surface area contributed by atoms with E-state index < -0.39 is 11.5 Å². The number of hydrogen-bond donors (Lipinski definition) is 2. The summed E-state index contributed by atoms with van der Waals surface area (Å²) in [5.41, 5.74) is 3.91. The average molecular weight is 280 g/mol. The number of carbonyl (C=O) groups is 1. The van der Waals surface area contributed by atoms with E-state index in [-0.39, 0.29) is 0 Å². The normalized spacial score (nSPS) is 12.4. The summed E-state index contributed by atoms with van der Waals surface area (Å²) in [5.74, 6) is -1.51. The second kappa shape index (κ2) is 4.65. The Labute approximate surface area is 92.6 Å². The molecule has 6 heteroatoms. The fourth-order valence-corrected chi connectivity index (χ4v) is 2.01. The van der Waals surface area contributed by atoms with E-state index >= 15 is 0 Å².